The van der Waals surface area contributed by atoms with Gasteiger partial charge in [0.25, 0.3) is 0 Å². The minimum absolute atomic E-state index is 1.33. The molecule has 0 fully saturated rings. The number of benzene rings is 6. The van der Waals surface area contributed by atoms with Crippen LogP contribution >= 0.6 is 0 Å². The Morgan fingerprint density at radius 3 is 1.33 bits per heavy atom. The van der Waals surface area contributed by atoms with E-state index in [1.165, 1.54) is 54.2 Å². The molecule has 0 aliphatic rings. The predicted octanol–water partition coefficient (Wildman–Crippen LogP) is 8.60. The lowest BCUT2D eigenvalue weighted by Crippen LogP contribution is -1.81. The number of fused-ring (bicyclic) bond motifs is 5. The molecule has 0 spiro atoms. The molecule has 0 atom stereocenters. The second-order valence-corrected chi connectivity index (χ2v) is 7.90. The van der Waals surface area contributed by atoms with E-state index in [1.807, 2.05) is 0 Å². The van der Waals surface area contributed by atoms with Crippen LogP contribution in [0.3, 0.4) is 0 Å². The zero-order chi connectivity index (χ0) is 20.5. The van der Waals surface area contributed by atoms with Gasteiger partial charge >= 0.3 is 0 Å². The Morgan fingerprint density at radius 1 is 0.367 bits per heavy atom. The van der Waals surface area contributed by atoms with Gasteiger partial charge in [0.15, 0.2) is 0 Å². The van der Waals surface area contributed by atoms with E-state index in [2.05, 4.69) is 123 Å². The van der Waals surface area contributed by atoms with Crippen LogP contribution in [0, 0.1) is 13.8 Å². The summed E-state index contributed by atoms with van der Waals surface area (Å²) < 4.78 is 0. The number of rotatable bonds is 0. The number of aryl methyl sites for hydroxylation is 2. The average Bonchev–Trinajstić information content (AvgIpc) is 2.80. The van der Waals surface area contributed by atoms with Crippen molar-refractivity contribution in [3.8, 4) is 0 Å². The lowest BCUT2D eigenvalue weighted by Gasteiger charge is -2.06. The molecular formula is C30H24. The molecule has 0 saturated carbocycles. The van der Waals surface area contributed by atoms with Gasteiger partial charge in [-0.25, -0.2) is 0 Å². The molecule has 30 heavy (non-hydrogen) atoms. The van der Waals surface area contributed by atoms with E-state index in [1.54, 1.807) is 0 Å². The van der Waals surface area contributed by atoms with Gasteiger partial charge in [0.1, 0.15) is 0 Å². The van der Waals surface area contributed by atoms with Crippen molar-refractivity contribution in [1.82, 2.24) is 0 Å². The molecule has 0 nitrogen and oxygen atoms in total. The maximum atomic E-state index is 2.26. The van der Waals surface area contributed by atoms with Crippen molar-refractivity contribution in [3.63, 3.8) is 0 Å². The summed E-state index contributed by atoms with van der Waals surface area (Å²) in [5.41, 5.74) is 2.73. The summed E-state index contributed by atoms with van der Waals surface area (Å²) in [4.78, 5) is 0. The molecule has 0 amide bonds. The lowest BCUT2D eigenvalue weighted by atomic mass is 9.98. The first-order chi connectivity index (χ1) is 14.7. The first kappa shape index (κ1) is 18.4. The Hall–Kier alpha value is -3.64. The summed E-state index contributed by atoms with van der Waals surface area (Å²) in [6.45, 7) is 4.37. The second-order valence-electron chi connectivity index (χ2n) is 7.90. The zero-order valence-corrected chi connectivity index (χ0v) is 17.4. The Labute approximate surface area is 177 Å². The summed E-state index contributed by atoms with van der Waals surface area (Å²) >= 11 is 0. The first-order valence-corrected chi connectivity index (χ1v) is 10.5. The number of hydrogen-bond donors (Lipinski definition) is 0. The highest BCUT2D eigenvalue weighted by atomic mass is 14.1. The van der Waals surface area contributed by atoms with Crippen molar-refractivity contribution in [3.05, 3.63) is 120 Å². The Bertz CT molecular complexity index is 1430. The van der Waals surface area contributed by atoms with Crippen LogP contribution in [-0.4, -0.2) is 0 Å². The molecule has 0 N–H and O–H groups in total. The second kappa shape index (κ2) is 7.65. The molecule has 0 bridgehead atoms. The van der Waals surface area contributed by atoms with Crippen molar-refractivity contribution >= 4 is 43.1 Å². The molecule has 0 aromatic heterocycles. The quantitative estimate of drug-likeness (QED) is 0.182. The third kappa shape index (κ3) is 3.21. The highest BCUT2D eigenvalue weighted by Gasteiger charge is 2.02. The van der Waals surface area contributed by atoms with Crippen LogP contribution in [0.1, 0.15) is 11.1 Å². The SMILES string of the molecule is Cc1c2ccccc2cc2ccccc12.Cc1cc2ccccc2c2ccccc12. The van der Waals surface area contributed by atoms with Gasteiger partial charge in [0.2, 0.25) is 0 Å². The predicted molar refractivity (Wildman–Crippen MR) is 132 cm³/mol. The third-order valence-electron chi connectivity index (χ3n) is 6.02. The van der Waals surface area contributed by atoms with E-state index < -0.39 is 0 Å². The van der Waals surface area contributed by atoms with Gasteiger partial charge in [0.05, 0.1) is 0 Å². The van der Waals surface area contributed by atoms with Gasteiger partial charge in [-0.15, -0.1) is 0 Å². The minimum atomic E-state index is 1.33. The highest BCUT2D eigenvalue weighted by Crippen LogP contribution is 2.28. The summed E-state index contributed by atoms with van der Waals surface area (Å²) in [6, 6.07) is 38.8. The molecule has 0 heteroatoms. The van der Waals surface area contributed by atoms with E-state index in [0.29, 0.717) is 0 Å². The largest absolute Gasteiger partial charge is 0.0616 e. The zero-order valence-electron chi connectivity index (χ0n) is 17.4. The average molecular weight is 385 g/mol. The van der Waals surface area contributed by atoms with Crippen molar-refractivity contribution in [2.24, 2.45) is 0 Å². The van der Waals surface area contributed by atoms with Crippen molar-refractivity contribution in [1.29, 1.82) is 0 Å². The molecular weight excluding hydrogens is 360 g/mol. The molecule has 0 unspecified atom stereocenters. The Kier molecular flexibility index (Phi) is 4.69. The van der Waals surface area contributed by atoms with E-state index in [-0.39, 0.29) is 0 Å². The standard InChI is InChI=1S/2C15H12/c1-11-14-8-4-2-6-12(14)10-13-7-3-5-9-15(11)13;1-11-10-12-6-2-3-8-14(12)15-9-5-4-7-13(11)15/h2*2-10H,1H3. The van der Waals surface area contributed by atoms with Crippen LogP contribution in [-0.2, 0) is 0 Å². The summed E-state index contributed by atoms with van der Waals surface area (Å²) in [5, 5.41) is 10.8. The monoisotopic (exact) mass is 384 g/mol. The topological polar surface area (TPSA) is 0 Å². The third-order valence-corrected chi connectivity index (χ3v) is 6.02. The lowest BCUT2D eigenvalue weighted by molar-refractivity contribution is 1.56. The molecule has 0 aliphatic carbocycles. The van der Waals surface area contributed by atoms with Crippen LogP contribution in [0.15, 0.2) is 109 Å². The summed E-state index contributed by atoms with van der Waals surface area (Å²) in [6.07, 6.45) is 0. The van der Waals surface area contributed by atoms with Gasteiger partial charge < -0.3 is 0 Å². The Morgan fingerprint density at radius 2 is 0.767 bits per heavy atom. The van der Waals surface area contributed by atoms with Gasteiger partial charge in [-0.05, 0) is 74.1 Å². The molecule has 6 aromatic carbocycles. The van der Waals surface area contributed by atoms with Gasteiger partial charge in [-0.3, -0.25) is 0 Å². The van der Waals surface area contributed by atoms with Crippen molar-refractivity contribution < 1.29 is 0 Å². The highest BCUT2D eigenvalue weighted by molar-refractivity contribution is 6.08. The van der Waals surface area contributed by atoms with E-state index in [0.717, 1.165) is 0 Å². The van der Waals surface area contributed by atoms with Crippen LogP contribution in [0.5, 0.6) is 0 Å². The maximum absolute atomic E-state index is 2.26. The molecule has 0 saturated heterocycles. The smallest absolute Gasteiger partial charge is 0.0103 e. The minimum Gasteiger partial charge on any atom is -0.0616 e. The van der Waals surface area contributed by atoms with Crippen LogP contribution < -0.4 is 0 Å². The molecule has 0 radical (unpaired) electrons. The molecule has 6 aromatic rings. The first-order valence-electron chi connectivity index (χ1n) is 10.5. The fourth-order valence-corrected chi connectivity index (χ4v) is 4.48. The van der Waals surface area contributed by atoms with Crippen LogP contribution in [0.4, 0.5) is 0 Å². The van der Waals surface area contributed by atoms with Crippen LogP contribution in [0.25, 0.3) is 43.1 Å². The van der Waals surface area contributed by atoms with Crippen molar-refractivity contribution in [2.75, 3.05) is 0 Å². The fraction of sp³-hybridized carbons (Fsp3) is 0.0667. The normalized spacial score (nSPS) is 11.0. The molecule has 144 valence electrons. The van der Waals surface area contributed by atoms with E-state index in [4.69, 9.17) is 0 Å². The van der Waals surface area contributed by atoms with Crippen LogP contribution in [0.2, 0.25) is 0 Å². The summed E-state index contributed by atoms with van der Waals surface area (Å²) in [5.74, 6) is 0. The van der Waals surface area contributed by atoms with Gasteiger partial charge in [-0.1, -0.05) is 103 Å². The summed E-state index contributed by atoms with van der Waals surface area (Å²) in [7, 11) is 0. The van der Waals surface area contributed by atoms with Crippen molar-refractivity contribution in [2.45, 2.75) is 13.8 Å². The fourth-order valence-electron chi connectivity index (χ4n) is 4.48. The molecule has 0 heterocycles. The van der Waals surface area contributed by atoms with E-state index in [9.17, 15) is 0 Å². The number of hydrogen-bond acceptors (Lipinski definition) is 0. The Balaban J connectivity index is 0.000000128. The van der Waals surface area contributed by atoms with Gasteiger partial charge in [0, 0.05) is 0 Å². The van der Waals surface area contributed by atoms with E-state index >= 15 is 0 Å². The molecule has 0 aliphatic heterocycles. The maximum Gasteiger partial charge on any atom is -0.0103 e. The van der Waals surface area contributed by atoms with Gasteiger partial charge in [-0.2, -0.15) is 0 Å². The molecule has 6 rings (SSSR count).